The van der Waals surface area contributed by atoms with E-state index in [0.717, 1.165) is 25.7 Å². The number of esters is 2. The minimum atomic E-state index is -6.07. The molecule has 78 heavy (non-hydrogen) atoms. The maximum Gasteiger partial charge on any atom is 1.00 e. The van der Waals surface area contributed by atoms with E-state index in [1.54, 1.807) is 0 Å². The van der Waals surface area contributed by atoms with Gasteiger partial charge in [0, 0.05) is 0 Å². The Morgan fingerprint density at radius 3 is 0.885 bits per heavy atom. The maximum atomic E-state index is 13.0. The molecule has 0 spiro atoms. The molecule has 6 fully saturated rings. The van der Waals surface area contributed by atoms with Crippen LogP contribution in [0.15, 0.2) is 211 Å². The minimum Gasteiger partial charge on any atom is -1.00 e. The Labute approximate surface area is 489 Å². The number of benzene rings is 6. The molecule has 6 aromatic carbocycles. The predicted molar refractivity (Wildman–Crippen MR) is 271 cm³/mol. The van der Waals surface area contributed by atoms with Gasteiger partial charge in [0.15, 0.2) is 49.6 Å². The van der Waals surface area contributed by atoms with Crippen LogP contribution in [0.5, 0.6) is 0 Å². The van der Waals surface area contributed by atoms with E-state index in [1.165, 1.54) is 29.4 Å². The second-order valence-corrected chi connectivity index (χ2v) is 26.0. The van der Waals surface area contributed by atoms with Crippen molar-refractivity contribution in [2.24, 2.45) is 35.5 Å². The number of hydrogen-bond acceptors (Lipinski definition) is 12. The SMILES string of the molecule is O=C(OC1C2CC3COC1C3C2)C(F)(F)S(=O)(=O)[O-].O=C(OC1C2CC3COC1C3C2)C(F)(F)S(=O)(=O)[O-].[Br-].[Na+].c1ccc([S+](c2ccccc2)c2ccccc2)cc1.c1ccc([S+](c2ccccc2)c2ccccc2)cc1. The third-order valence-electron chi connectivity index (χ3n) is 14.5. The van der Waals surface area contributed by atoms with E-state index in [1.807, 2.05) is 0 Å². The molecular formula is C56H52BrF4NaO12S4. The van der Waals surface area contributed by atoms with E-state index in [9.17, 15) is 53.1 Å². The largest absolute Gasteiger partial charge is 1.00 e. The number of carbonyl (C=O) groups is 2. The summed E-state index contributed by atoms with van der Waals surface area (Å²) in [7, 11) is -12.2. The van der Waals surface area contributed by atoms with E-state index in [2.05, 4.69) is 191 Å². The van der Waals surface area contributed by atoms with Crippen molar-refractivity contribution in [3.63, 3.8) is 0 Å². The number of alkyl halides is 4. The predicted octanol–water partition coefficient (Wildman–Crippen LogP) is 3.75. The zero-order chi connectivity index (χ0) is 53.8. The van der Waals surface area contributed by atoms with Gasteiger partial charge in [-0.3, -0.25) is 0 Å². The zero-order valence-electron chi connectivity index (χ0n) is 41.8. The van der Waals surface area contributed by atoms with Crippen molar-refractivity contribution in [2.75, 3.05) is 13.2 Å². The van der Waals surface area contributed by atoms with Gasteiger partial charge in [0.25, 0.3) is 0 Å². The number of rotatable bonds is 12. The van der Waals surface area contributed by atoms with E-state index in [4.69, 9.17) is 9.47 Å². The summed E-state index contributed by atoms with van der Waals surface area (Å²) in [6.07, 6.45) is 0.249. The molecule has 12 rings (SSSR count). The fraction of sp³-hybridized carbons (Fsp3) is 0.321. The van der Waals surface area contributed by atoms with Gasteiger partial charge in [0.1, 0.15) is 12.2 Å². The summed E-state index contributed by atoms with van der Waals surface area (Å²) in [6.45, 7) is 1.02. The van der Waals surface area contributed by atoms with Crippen molar-refractivity contribution >= 4 is 54.0 Å². The Morgan fingerprint density at radius 2 is 0.667 bits per heavy atom. The molecule has 0 aromatic heterocycles. The summed E-state index contributed by atoms with van der Waals surface area (Å²) in [5.41, 5.74) is 0. The van der Waals surface area contributed by atoms with Crippen molar-refractivity contribution in [3.8, 4) is 0 Å². The fourth-order valence-corrected chi connectivity index (χ4v) is 15.8. The van der Waals surface area contributed by atoms with Gasteiger partial charge in [0.05, 0.1) is 47.2 Å². The summed E-state index contributed by atoms with van der Waals surface area (Å²) in [5, 5.41) is -10.1. The molecule has 4 aliphatic carbocycles. The van der Waals surface area contributed by atoms with E-state index < -0.39 is 67.1 Å². The monoisotopic (exact) mass is 1220 g/mol. The van der Waals surface area contributed by atoms with Crippen molar-refractivity contribution < 1.29 is 119 Å². The van der Waals surface area contributed by atoms with Crippen LogP contribution in [0.25, 0.3) is 0 Å². The first-order valence-electron chi connectivity index (χ1n) is 24.4. The normalized spacial score (nSPS) is 25.0. The molecule has 22 heteroatoms. The number of fused-ring (bicyclic) bond motifs is 2. The first-order valence-corrected chi connectivity index (χ1v) is 29.7. The Balaban J connectivity index is 0.000000149. The molecule has 2 saturated heterocycles. The van der Waals surface area contributed by atoms with Gasteiger partial charge in [-0.25, -0.2) is 26.4 Å². The average Bonchev–Trinajstić information content (AvgIpc) is 4.30. The van der Waals surface area contributed by atoms with Gasteiger partial charge in [-0.15, -0.1) is 0 Å². The fourth-order valence-electron chi connectivity index (χ4n) is 11.1. The molecule has 6 aromatic rings. The van der Waals surface area contributed by atoms with E-state index >= 15 is 0 Å². The molecule has 0 radical (unpaired) electrons. The summed E-state index contributed by atoms with van der Waals surface area (Å²) in [4.78, 5) is 30.6. The van der Waals surface area contributed by atoms with Crippen LogP contribution in [0.2, 0.25) is 0 Å². The summed E-state index contributed by atoms with van der Waals surface area (Å²) >= 11 is 0. The maximum absolute atomic E-state index is 13.0. The van der Waals surface area contributed by atoms with Crippen molar-refractivity contribution in [3.05, 3.63) is 182 Å². The molecule has 12 nitrogen and oxygen atoms in total. The molecular weight excluding hydrogens is 1170 g/mol. The third-order valence-corrected chi connectivity index (χ3v) is 20.5. The second kappa shape index (κ2) is 26.2. The summed E-state index contributed by atoms with van der Waals surface area (Å²) < 4.78 is 134. The number of carbonyl (C=O) groups excluding carboxylic acids is 2. The minimum absolute atomic E-state index is 0. The standard InChI is InChI=1S/2C18H15S.2C10H12F2O6S.BrH.Na/c2*1-4-10-16(11-5-1)19(17-12-6-2-7-13-17)18-14-8-3-9-15-18;2*11-10(12,19(14,15)16)9(13)18-7-4-1-5-3-17-8(7)6(5)2-4;;/h2*1-15H;2*4-8H,1-3H2,(H,14,15,16);1H;/q2*+1;;;;+1/p-3. The molecule has 6 aliphatic rings. The molecule has 2 aliphatic heterocycles. The van der Waals surface area contributed by atoms with Crippen LogP contribution in [0.4, 0.5) is 17.6 Å². The molecule has 10 atom stereocenters. The number of hydrogen-bond donors (Lipinski definition) is 0. The first-order chi connectivity index (χ1) is 36.3. The van der Waals surface area contributed by atoms with Crippen LogP contribution >= 0.6 is 0 Å². The molecule has 4 saturated carbocycles. The van der Waals surface area contributed by atoms with Crippen LogP contribution in [0.3, 0.4) is 0 Å². The van der Waals surface area contributed by atoms with Gasteiger partial charge in [-0.1, -0.05) is 109 Å². The zero-order valence-corrected chi connectivity index (χ0v) is 48.6. The molecule has 0 N–H and O–H groups in total. The first kappa shape index (κ1) is 61.5. The van der Waals surface area contributed by atoms with Crippen molar-refractivity contribution in [2.45, 2.75) is 90.0 Å². The molecule has 0 amide bonds. The van der Waals surface area contributed by atoms with Gasteiger partial charge in [0.2, 0.25) is 0 Å². The second-order valence-electron chi connectivity index (χ2n) is 19.1. The van der Waals surface area contributed by atoms with Crippen LogP contribution < -0.4 is 46.5 Å². The Hall–Kier alpha value is -4.10. The molecule has 4 bridgehead atoms. The number of ether oxygens (including phenoxy) is 4. The van der Waals surface area contributed by atoms with Gasteiger partial charge in [-0.05, 0) is 134 Å². The van der Waals surface area contributed by atoms with Crippen LogP contribution in [0.1, 0.15) is 25.7 Å². The van der Waals surface area contributed by atoms with Crippen molar-refractivity contribution in [1.82, 2.24) is 0 Å². The van der Waals surface area contributed by atoms with Crippen LogP contribution in [-0.4, -0.2) is 86.0 Å². The van der Waals surface area contributed by atoms with Gasteiger partial charge < -0.3 is 45.0 Å². The van der Waals surface area contributed by atoms with E-state index in [0.29, 0.717) is 25.0 Å². The Kier molecular flexibility index (Phi) is 20.7. The van der Waals surface area contributed by atoms with Gasteiger partial charge >= 0.3 is 52.0 Å². The Morgan fingerprint density at radius 1 is 0.436 bits per heavy atom. The van der Waals surface area contributed by atoms with Crippen LogP contribution in [-0.2, 0) is 70.6 Å². The molecule has 2 heterocycles. The Bertz CT molecular complexity index is 2750. The third kappa shape index (κ3) is 13.5. The summed E-state index contributed by atoms with van der Waals surface area (Å²) in [6, 6.07) is 64.3. The molecule has 10 unspecified atom stereocenters. The van der Waals surface area contributed by atoms with Gasteiger partial charge in [-0.2, -0.15) is 17.6 Å². The number of halogens is 5. The van der Waals surface area contributed by atoms with Crippen LogP contribution in [0, 0.1) is 35.5 Å². The topological polar surface area (TPSA) is 185 Å². The van der Waals surface area contributed by atoms with E-state index in [-0.39, 0.29) is 92.0 Å². The average molecular weight is 1220 g/mol. The van der Waals surface area contributed by atoms with Crippen molar-refractivity contribution in [1.29, 1.82) is 0 Å². The smallest absolute Gasteiger partial charge is 1.00 e. The molecule has 408 valence electrons. The summed E-state index contributed by atoms with van der Waals surface area (Å²) in [5.74, 6) is -3.67. The quantitative estimate of drug-likeness (QED) is 0.0570.